The van der Waals surface area contributed by atoms with Crippen LogP contribution in [-0.4, -0.2) is 17.4 Å². The summed E-state index contributed by atoms with van der Waals surface area (Å²) in [5, 5.41) is 1.51. The van der Waals surface area contributed by atoms with E-state index in [2.05, 4.69) is 27.5 Å². The normalized spacial score (nSPS) is 21.7. The van der Waals surface area contributed by atoms with Gasteiger partial charge >= 0.3 is 6.18 Å². The summed E-state index contributed by atoms with van der Waals surface area (Å²) in [7, 11) is 0. The average molecular weight is 362 g/mol. The van der Waals surface area contributed by atoms with Gasteiger partial charge in [-0.2, -0.15) is 13.2 Å². The maximum absolute atomic E-state index is 12.8. The fourth-order valence-corrected chi connectivity index (χ4v) is 2.57. The molecule has 0 aromatic heterocycles. The number of benzene rings is 1. The third-order valence-corrected chi connectivity index (χ3v) is 3.59. The fraction of sp³-hybridized carbons (Fsp3) is 0.357. The Bertz CT molecular complexity index is 569. The molecule has 2 rings (SSSR count). The lowest BCUT2D eigenvalue weighted by molar-refractivity contribution is -0.137. The maximum atomic E-state index is 12.8. The largest absolute Gasteiger partial charge is 0.416 e. The summed E-state index contributed by atoms with van der Waals surface area (Å²) < 4.78 is 38.8. The Hall–Kier alpha value is -1.34. The van der Waals surface area contributed by atoms with Crippen molar-refractivity contribution >= 4 is 21.8 Å². The molecule has 1 aliphatic rings. The maximum Gasteiger partial charge on any atom is 0.416 e. The molecule has 0 radical (unpaired) electrons. The molecule has 1 unspecified atom stereocenters. The van der Waals surface area contributed by atoms with Crippen LogP contribution in [0.5, 0.6) is 0 Å². The van der Waals surface area contributed by atoms with Crippen molar-refractivity contribution in [3.05, 3.63) is 46.6 Å². The predicted octanol–water partition coefficient (Wildman–Crippen LogP) is 4.02. The van der Waals surface area contributed by atoms with Gasteiger partial charge in [-0.15, -0.1) is 0 Å². The Morgan fingerprint density at radius 2 is 2.14 bits per heavy atom. The lowest BCUT2D eigenvalue weighted by Crippen LogP contribution is -2.43. The second-order valence-electron chi connectivity index (χ2n) is 4.91. The number of aliphatic imine (C=N–C) groups is 1. The highest BCUT2D eigenvalue weighted by atomic mass is 79.9. The van der Waals surface area contributed by atoms with Crippen molar-refractivity contribution in [1.29, 1.82) is 0 Å². The summed E-state index contributed by atoms with van der Waals surface area (Å²) in [6.07, 6.45) is -3.15. The molecule has 1 saturated heterocycles. The van der Waals surface area contributed by atoms with E-state index in [0.29, 0.717) is 35.4 Å². The zero-order valence-electron chi connectivity index (χ0n) is 11.2. The minimum Gasteiger partial charge on any atom is -0.298 e. The number of piperidine rings is 1. The van der Waals surface area contributed by atoms with Crippen LogP contribution in [0, 0.1) is 0 Å². The minimum atomic E-state index is -4.33. The second kappa shape index (κ2) is 6.19. The summed E-state index contributed by atoms with van der Waals surface area (Å²) >= 11 is 3.14. The SMILES string of the molecule is C=C(Br)N=C1CC(c2cccc(C(F)(F)F)c2)CCN1N. The quantitative estimate of drug-likeness (QED) is 0.638. The van der Waals surface area contributed by atoms with Gasteiger partial charge in [0.2, 0.25) is 0 Å². The number of hydrogen-bond donors (Lipinski definition) is 1. The summed E-state index contributed by atoms with van der Waals surface area (Å²) in [5.74, 6) is 6.41. The smallest absolute Gasteiger partial charge is 0.298 e. The van der Waals surface area contributed by atoms with Gasteiger partial charge in [0, 0.05) is 13.0 Å². The third kappa shape index (κ3) is 4.07. The van der Waals surface area contributed by atoms with Crippen molar-refractivity contribution in [2.45, 2.75) is 24.9 Å². The number of nitrogens with two attached hydrogens (primary N) is 1. The molecule has 0 aliphatic carbocycles. The van der Waals surface area contributed by atoms with Crippen LogP contribution in [0.3, 0.4) is 0 Å². The number of nitrogens with zero attached hydrogens (tertiary/aromatic N) is 2. The summed E-state index contributed by atoms with van der Waals surface area (Å²) in [4.78, 5) is 4.18. The van der Waals surface area contributed by atoms with Gasteiger partial charge in [-0.05, 0) is 39.9 Å². The lowest BCUT2D eigenvalue weighted by atomic mass is 9.88. The van der Waals surface area contributed by atoms with Crippen LogP contribution in [0.15, 0.2) is 40.4 Å². The van der Waals surface area contributed by atoms with E-state index in [1.165, 1.54) is 17.1 Å². The molecule has 2 N–H and O–H groups in total. The zero-order valence-corrected chi connectivity index (χ0v) is 12.8. The topological polar surface area (TPSA) is 41.6 Å². The van der Waals surface area contributed by atoms with Gasteiger partial charge in [0.25, 0.3) is 0 Å². The van der Waals surface area contributed by atoms with Gasteiger partial charge in [0.15, 0.2) is 0 Å². The van der Waals surface area contributed by atoms with Crippen molar-refractivity contribution < 1.29 is 13.2 Å². The van der Waals surface area contributed by atoms with Crippen molar-refractivity contribution in [3.63, 3.8) is 0 Å². The van der Waals surface area contributed by atoms with Crippen molar-refractivity contribution in [3.8, 4) is 0 Å². The zero-order chi connectivity index (χ0) is 15.6. The van der Waals surface area contributed by atoms with E-state index in [9.17, 15) is 13.2 Å². The summed E-state index contributed by atoms with van der Waals surface area (Å²) in [5.41, 5.74) is 0.0318. The lowest BCUT2D eigenvalue weighted by Gasteiger charge is -2.31. The van der Waals surface area contributed by atoms with Crippen LogP contribution < -0.4 is 5.84 Å². The molecule has 1 aromatic carbocycles. The Morgan fingerprint density at radius 1 is 1.43 bits per heavy atom. The van der Waals surface area contributed by atoms with E-state index >= 15 is 0 Å². The number of alkyl halides is 3. The number of halogens is 4. The predicted molar refractivity (Wildman–Crippen MR) is 79.8 cm³/mol. The number of rotatable bonds is 2. The average Bonchev–Trinajstić information content (AvgIpc) is 2.40. The molecule has 1 aromatic rings. The molecule has 1 fully saturated rings. The molecule has 1 aliphatic heterocycles. The molecule has 21 heavy (non-hydrogen) atoms. The first-order valence-electron chi connectivity index (χ1n) is 6.38. The van der Waals surface area contributed by atoms with Gasteiger partial charge in [0.05, 0.1) is 5.56 Å². The minimum absolute atomic E-state index is 0.0299. The van der Waals surface area contributed by atoms with Gasteiger partial charge in [-0.25, -0.2) is 10.8 Å². The van der Waals surface area contributed by atoms with E-state index in [-0.39, 0.29) is 5.92 Å². The molecule has 0 saturated carbocycles. The molecule has 0 amide bonds. The van der Waals surface area contributed by atoms with Crippen LogP contribution in [0.2, 0.25) is 0 Å². The van der Waals surface area contributed by atoms with Crippen LogP contribution in [0.25, 0.3) is 0 Å². The van der Waals surface area contributed by atoms with E-state index in [0.717, 1.165) is 6.07 Å². The molecule has 1 atom stereocenters. The molecule has 0 bridgehead atoms. The van der Waals surface area contributed by atoms with Crippen LogP contribution in [0.4, 0.5) is 13.2 Å². The van der Waals surface area contributed by atoms with Crippen LogP contribution in [0.1, 0.15) is 29.9 Å². The Kier molecular flexibility index (Phi) is 4.73. The summed E-state index contributed by atoms with van der Waals surface area (Å²) in [6.45, 7) is 4.17. The second-order valence-corrected chi connectivity index (χ2v) is 5.83. The standard InChI is InChI=1S/C14H15BrF3N3/c1-9(15)20-13-8-11(5-6-21(13)19)10-3-2-4-12(7-10)14(16,17)18/h2-4,7,11H,1,5-6,8,19H2. The van der Waals surface area contributed by atoms with Gasteiger partial charge in [0.1, 0.15) is 10.4 Å². The van der Waals surface area contributed by atoms with E-state index in [4.69, 9.17) is 5.84 Å². The molecule has 114 valence electrons. The van der Waals surface area contributed by atoms with Gasteiger partial charge in [-0.1, -0.05) is 24.8 Å². The molecular weight excluding hydrogens is 347 g/mol. The highest BCUT2D eigenvalue weighted by molar-refractivity contribution is 9.11. The van der Waals surface area contributed by atoms with Crippen molar-refractivity contribution in [2.24, 2.45) is 10.8 Å². The van der Waals surface area contributed by atoms with Gasteiger partial charge < -0.3 is 0 Å². The monoisotopic (exact) mass is 361 g/mol. The first kappa shape index (κ1) is 16.0. The van der Waals surface area contributed by atoms with Crippen molar-refractivity contribution in [1.82, 2.24) is 5.01 Å². The van der Waals surface area contributed by atoms with Crippen LogP contribution >= 0.6 is 15.9 Å². The number of amidine groups is 1. The Balaban J connectivity index is 2.25. The number of hydrazine groups is 1. The highest BCUT2D eigenvalue weighted by Crippen LogP contribution is 2.34. The Labute approximate surface area is 129 Å². The fourth-order valence-electron chi connectivity index (χ4n) is 2.37. The first-order chi connectivity index (χ1) is 9.77. The molecule has 3 nitrogen and oxygen atoms in total. The van der Waals surface area contributed by atoms with Gasteiger partial charge in [-0.3, -0.25) is 5.01 Å². The molecule has 0 spiro atoms. The molecular formula is C14H15BrF3N3. The summed E-state index contributed by atoms with van der Waals surface area (Å²) in [6, 6.07) is 5.44. The number of hydrogen-bond acceptors (Lipinski definition) is 2. The Morgan fingerprint density at radius 3 is 2.76 bits per heavy atom. The first-order valence-corrected chi connectivity index (χ1v) is 7.18. The van der Waals surface area contributed by atoms with Crippen LogP contribution in [-0.2, 0) is 6.18 Å². The van der Waals surface area contributed by atoms with E-state index in [1.807, 2.05) is 0 Å². The highest BCUT2D eigenvalue weighted by Gasteiger charge is 2.32. The van der Waals surface area contributed by atoms with E-state index in [1.54, 1.807) is 6.07 Å². The molecule has 7 heteroatoms. The van der Waals surface area contributed by atoms with Crippen molar-refractivity contribution in [2.75, 3.05) is 6.54 Å². The van der Waals surface area contributed by atoms with E-state index < -0.39 is 11.7 Å². The third-order valence-electron chi connectivity index (χ3n) is 3.41. The molecule has 1 heterocycles.